The van der Waals surface area contributed by atoms with Crippen LogP contribution in [0.4, 0.5) is 17.1 Å². The Morgan fingerprint density at radius 2 is 1.88 bits per heavy atom. The Hall–Kier alpha value is -1.62. The number of amides is 1. The number of carbonyl (C=O) groups is 1. The fourth-order valence-corrected chi connectivity index (χ4v) is 3.73. The van der Waals surface area contributed by atoms with Crippen molar-refractivity contribution >= 4 is 57.8 Å². The van der Waals surface area contributed by atoms with Crippen molar-refractivity contribution in [3.63, 3.8) is 0 Å². The highest BCUT2D eigenvalue weighted by Crippen LogP contribution is 2.36. The average Bonchev–Trinajstić information content (AvgIpc) is 2.60. The Morgan fingerprint density at radius 3 is 2.58 bits per heavy atom. The molecule has 1 heterocycles. The number of piperidine rings is 1. The molecule has 0 aromatic heterocycles. The number of hydrogen-bond donors (Lipinski definition) is 2. The van der Waals surface area contributed by atoms with Crippen LogP contribution in [0.5, 0.6) is 0 Å². The van der Waals surface area contributed by atoms with Gasteiger partial charge in [0.2, 0.25) is 0 Å². The molecule has 0 radical (unpaired) electrons. The molecule has 3 rings (SSSR count). The van der Waals surface area contributed by atoms with Crippen molar-refractivity contribution in [2.24, 2.45) is 0 Å². The van der Waals surface area contributed by atoms with E-state index < -0.39 is 0 Å². The standard InChI is InChI=1S/C19H20Cl3N3O/c1-11-4-2-3-7-25(11)18-10-17(15(22)9-16(18)23)24-19(26)12-5-6-13(20)14(21)8-12/h5-6,8-11H,2-4,7,23H2,1H3,(H,24,26)/t11-/m1/s1. The predicted molar refractivity (Wildman–Crippen MR) is 111 cm³/mol. The molecule has 0 aliphatic carbocycles. The van der Waals surface area contributed by atoms with Gasteiger partial charge in [-0.05, 0) is 56.5 Å². The van der Waals surface area contributed by atoms with Crippen LogP contribution in [0.15, 0.2) is 30.3 Å². The van der Waals surface area contributed by atoms with Crippen molar-refractivity contribution in [2.45, 2.75) is 32.2 Å². The summed E-state index contributed by atoms with van der Waals surface area (Å²) in [5.74, 6) is -0.312. The Balaban J connectivity index is 1.88. The molecule has 26 heavy (non-hydrogen) atoms. The van der Waals surface area contributed by atoms with Gasteiger partial charge in [0, 0.05) is 18.2 Å². The van der Waals surface area contributed by atoms with Gasteiger partial charge in [-0.25, -0.2) is 0 Å². The number of nitrogens with zero attached hydrogens (tertiary/aromatic N) is 1. The second-order valence-corrected chi connectivity index (χ2v) is 7.73. The number of nitrogen functional groups attached to an aromatic ring is 1. The summed E-state index contributed by atoms with van der Waals surface area (Å²) in [7, 11) is 0. The molecule has 1 amide bonds. The first kappa shape index (κ1) is 19.2. The summed E-state index contributed by atoms with van der Waals surface area (Å²) in [6.07, 6.45) is 3.45. The van der Waals surface area contributed by atoms with Crippen molar-refractivity contribution in [3.8, 4) is 0 Å². The van der Waals surface area contributed by atoms with E-state index >= 15 is 0 Å². The van der Waals surface area contributed by atoms with E-state index in [1.807, 2.05) is 6.07 Å². The Labute approximate surface area is 168 Å². The lowest BCUT2D eigenvalue weighted by atomic mass is 10.0. The summed E-state index contributed by atoms with van der Waals surface area (Å²) >= 11 is 18.2. The zero-order chi connectivity index (χ0) is 18.8. The van der Waals surface area contributed by atoms with Gasteiger partial charge in [-0.15, -0.1) is 0 Å². The number of anilines is 3. The van der Waals surface area contributed by atoms with Crippen LogP contribution in [0.1, 0.15) is 36.5 Å². The lowest BCUT2D eigenvalue weighted by molar-refractivity contribution is 0.102. The normalized spacial score (nSPS) is 17.2. The largest absolute Gasteiger partial charge is 0.397 e. The monoisotopic (exact) mass is 411 g/mol. The SMILES string of the molecule is C[C@@H]1CCCCN1c1cc(NC(=O)c2ccc(Cl)c(Cl)c2)c(Cl)cc1N. The molecule has 0 spiro atoms. The van der Waals surface area contributed by atoms with Gasteiger partial charge in [-0.2, -0.15) is 0 Å². The predicted octanol–water partition coefficient (Wildman–Crippen LogP) is 5.86. The zero-order valence-electron chi connectivity index (χ0n) is 14.4. The highest BCUT2D eigenvalue weighted by Gasteiger charge is 2.22. The molecule has 138 valence electrons. The first-order chi connectivity index (χ1) is 12.4. The molecule has 1 saturated heterocycles. The van der Waals surface area contributed by atoms with Gasteiger partial charge in [0.05, 0.1) is 32.1 Å². The fourth-order valence-electron chi connectivity index (χ4n) is 3.21. The molecule has 1 atom stereocenters. The van der Waals surface area contributed by atoms with Gasteiger partial charge in [-0.3, -0.25) is 4.79 Å². The van der Waals surface area contributed by atoms with E-state index in [-0.39, 0.29) is 5.91 Å². The maximum atomic E-state index is 12.6. The molecule has 2 aromatic rings. The molecule has 3 N–H and O–H groups in total. The van der Waals surface area contributed by atoms with Gasteiger partial charge >= 0.3 is 0 Å². The van der Waals surface area contributed by atoms with Gasteiger partial charge in [0.15, 0.2) is 0 Å². The van der Waals surface area contributed by atoms with Gasteiger partial charge in [0.25, 0.3) is 5.91 Å². The summed E-state index contributed by atoms with van der Waals surface area (Å²) in [4.78, 5) is 14.8. The third-order valence-electron chi connectivity index (χ3n) is 4.66. The van der Waals surface area contributed by atoms with E-state index in [4.69, 9.17) is 40.5 Å². The molecule has 1 aliphatic rings. The minimum atomic E-state index is -0.312. The molecular formula is C19H20Cl3N3O. The average molecular weight is 413 g/mol. The van der Waals surface area contributed by atoms with Crippen molar-refractivity contribution in [2.75, 3.05) is 22.5 Å². The maximum Gasteiger partial charge on any atom is 0.255 e. The molecule has 2 aromatic carbocycles. The van der Waals surface area contributed by atoms with Crippen LogP contribution in [-0.2, 0) is 0 Å². The summed E-state index contributed by atoms with van der Waals surface area (Å²) in [5.41, 5.74) is 8.61. The van der Waals surface area contributed by atoms with E-state index in [1.54, 1.807) is 18.2 Å². The van der Waals surface area contributed by atoms with Crippen LogP contribution in [0.25, 0.3) is 0 Å². The maximum absolute atomic E-state index is 12.6. The number of nitrogens with two attached hydrogens (primary N) is 1. The minimum Gasteiger partial charge on any atom is -0.397 e. The zero-order valence-corrected chi connectivity index (χ0v) is 16.6. The molecule has 0 unspecified atom stereocenters. The van der Waals surface area contributed by atoms with E-state index in [2.05, 4.69) is 17.1 Å². The molecule has 0 bridgehead atoms. The molecule has 0 saturated carbocycles. The molecule has 7 heteroatoms. The number of carbonyl (C=O) groups excluding carboxylic acids is 1. The Morgan fingerprint density at radius 1 is 1.12 bits per heavy atom. The van der Waals surface area contributed by atoms with Gasteiger partial charge in [-0.1, -0.05) is 34.8 Å². The van der Waals surface area contributed by atoms with Crippen molar-refractivity contribution in [3.05, 3.63) is 51.0 Å². The Bertz CT molecular complexity index is 841. The topological polar surface area (TPSA) is 58.4 Å². The fraction of sp³-hybridized carbons (Fsp3) is 0.316. The second kappa shape index (κ2) is 7.95. The number of benzene rings is 2. The Kier molecular flexibility index (Phi) is 5.86. The first-order valence-electron chi connectivity index (χ1n) is 8.49. The van der Waals surface area contributed by atoms with Crippen LogP contribution in [0.2, 0.25) is 15.1 Å². The second-order valence-electron chi connectivity index (χ2n) is 6.51. The van der Waals surface area contributed by atoms with Crippen LogP contribution in [-0.4, -0.2) is 18.5 Å². The van der Waals surface area contributed by atoms with Gasteiger partial charge in [0.1, 0.15) is 0 Å². The quantitative estimate of drug-likeness (QED) is 0.621. The summed E-state index contributed by atoms with van der Waals surface area (Å²) < 4.78 is 0. The third kappa shape index (κ3) is 4.03. The summed E-state index contributed by atoms with van der Waals surface area (Å²) in [6, 6.07) is 8.65. The summed E-state index contributed by atoms with van der Waals surface area (Å²) in [6.45, 7) is 3.12. The van der Waals surface area contributed by atoms with Crippen molar-refractivity contribution < 1.29 is 4.79 Å². The highest BCUT2D eigenvalue weighted by atomic mass is 35.5. The van der Waals surface area contributed by atoms with Crippen molar-refractivity contribution in [1.82, 2.24) is 0 Å². The van der Waals surface area contributed by atoms with Gasteiger partial charge < -0.3 is 16.0 Å². The molecule has 1 aliphatic heterocycles. The summed E-state index contributed by atoms with van der Waals surface area (Å²) in [5, 5.41) is 3.96. The number of rotatable bonds is 3. The van der Waals surface area contributed by atoms with Crippen molar-refractivity contribution in [1.29, 1.82) is 0 Å². The van der Waals surface area contributed by atoms with Crippen LogP contribution in [0, 0.1) is 0 Å². The molecule has 1 fully saturated rings. The molecule has 4 nitrogen and oxygen atoms in total. The van der Waals surface area contributed by atoms with Crippen LogP contribution in [0.3, 0.4) is 0 Å². The first-order valence-corrected chi connectivity index (χ1v) is 9.62. The lowest BCUT2D eigenvalue weighted by Gasteiger charge is -2.36. The third-order valence-corrected chi connectivity index (χ3v) is 5.71. The number of nitrogens with one attached hydrogen (secondary N) is 1. The van der Waals surface area contributed by atoms with E-state index in [1.165, 1.54) is 12.5 Å². The number of halogens is 3. The lowest BCUT2D eigenvalue weighted by Crippen LogP contribution is -2.37. The molecular weight excluding hydrogens is 393 g/mol. The smallest absolute Gasteiger partial charge is 0.255 e. The number of hydrogen-bond acceptors (Lipinski definition) is 3. The van der Waals surface area contributed by atoms with E-state index in [0.717, 1.165) is 25.1 Å². The highest BCUT2D eigenvalue weighted by molar-refractivity contribution is 6.42. The minimum absolute atomic E-state index is 0.312. The van der Waals surface area contributed by atoms with Crippen LogP contribution < -0.4 is 16.0 Å². The van der Waals surface area contributed by atoms with E-state index in [0.29, 0.717) is 38.0 Å². The van der Waals surface area contributed by atoms with E-state index in [9.17, 15) is 4.79 Å². The van der Waals surface area contributed by atoms with Crippen LogP contribution >= 0.6 is 34.8 Å².